The van der Waals surface area contributed by atoms with E-state index in [2.05, 4.69) is 34.3 Å². The Morgan fingerprint density at radius 1 is 1.26 bits per heavy atom. The highest BCUT2D eigenvalue weighted by atomic mass is 16.5. The molecule has 0 unspecified atom stereocenters. The van der Waals surface area contributed by atoms with Gasteiger partial charge in [-0.15, -0.1) is 0 Å². The van der Waals surface area contributed by atoms with Crippen molar-refractivity contribution < 1.29 is 9.47 Å². The number of guanidine groups is 1. The second kappa shape index (κ2) is 8.62. The molecule has 0 aliphatic carbocycles. The average molecular weight is 320 g/mol. The van der Waals surface area contributed by atoms with Gasteiger partial charge in [0.15, 0.2) is 17.5 Å². The molecular weight excluding hydrogens is 292 g/mol. The zero-order chi connectivity index (χ0) is 16.7. The van der Waals surface area contributed by atoms with Crippen LogP contribution in [0.2, 0.25) is 0 Å². The van der Waals surface area contributed by atoms with Crippen LogP contribution in [0.5, 0.6) is 11.5 Å². The molecule has 6 heteroatoms. The third-order valence-corrected chi connectivity index (χ3v) is 4.04. The van der Waals surface area contributed by atoms with Gasteiger partial charge in [0.05, 0.1) is 14.2 Å². The first-order valence-electron chi connectivity index (χ1n) is 8.17. The van der Waals surface area contributed by atoms with Gasteiger partial charge in [0.25, 0.3) is 0 Å². The zero-order valence-corrected chi connectivity index (χ0v) is 14.4. The lowest BCUT2D eigenvalue weighted by Crippen LogP contribution is -2.40. The summed E-state index contributed by atoms with van der Waals surface area (Å²) in [5, 5.41) is 3.17. The summed E-state index contributed by atoms with van der Waals surface area (Å²) in [5.74, 6) is 2.14. The predicted molar refractivity (Wildman–Crippen MR) is 93.3 cm³/mol. The van der Waals surface area contributed by atoms with E-state index in [0.29, 0.717) is 5.96 Å². The Hall–Kier alpha value is -1.95. The zero-order valence-electron chi connectivity index (χ0n) is 14.4. The maximum atomic E-state index is 5.81. The quantitative estimate of drug-likeness (QED) is 0.586. The molecule has 1 aliphatic rings. The van der Waals surface area contributed by atoms with Crippen LogP contribution in [0, 0.1) is 0 Å². The number of ether oxygens (including phenoxy) is 2. The Labute approximate surface area is 138 Å². The lowest BCUT2D eigenvalue weighted by molar-refractivity contribution is 0.256. The molecule has 6 nitrogen and oxygen atoms in total. The van der Waals surface area contributed by atoms with Gasteiger partial charge >= 0.3 is 0 Å². The first-order valence-corrected chi connectivity index (χ1v) is 8.17. The van der Waals surface area contributed by atoms with E-state index in [9.17, 15) is 0 Å². The third kappa shape index (κ3) is 4.76. The number of benzene rings is 1. The van der Waals surface area contributed by atoms with Gasteiger partial charge in [-0.1, -0.05) is 6.92 Å². The van der Waals surface area contributed by atoms with Crippen molar-refractivity contribution in [2.24, 2.45) is 10.7 Å². The van der Waals surface area contributed by atoms with Gasteiger partial charge in [0.2, 0.25) is 0 Å². The number of nitrogens with two attached hydrogens (primary N) is 1. The van der Waals surface area contributed by atoms with Crippen molar-refractivity contribution in [1.29, 1.82) is 0 Å². The van der Waals surface area contributed by atoms with Crippen LogP contribution < -0.4 is 20.5 Å². The number of nitrogens with zero attached hydrogens (tertiary/aromatic N) is 2. The normalized spacial score (nSPS) is 15.2. The second-order valence-corrected chi connectivity index (χ2v) is 5.70. The molecule has 1 aromatic carbocycles. The van der Waals surface area contributed by atoms with E-state index in [1.165, 1.54) is 11.1 Å². The largest absolute Gasteiger partial charge is 0.493 e. The summed E-state index contributed by atoms with van der Waals surface area (Å²) < 4.78 is 10.8. The van der Waals surface area contributed by atoms with E-state index in [1.54, 1.807) is 14.2 Å². The van der Waals surface area contributed by atoms with Gasteiger partial charge in [-0.25, -0.2) is 0 Å². The molecular formula is C17H28N4O2. The molecule has 0 amide bonds. The Bertz CT molecular complexity index is 546. The van der Waals surface area contributed by atoms with Crippen molar-refractivity contribution in [3.8, 4) is 11.5 Å². The molecule has 3 N–H and O–H groups in total. The summed E-state index contributed by atoms with van der Waals surface area (Å²) in [6.45, 7) is 6.57. The number of hydrogen-bond donors (Lipinski definition) is 2. The van der Waals surface area contributed by atoms with Crippen molar-refractivity contribution >= 4 is 5.96 Å². The molecule has 0 saturated carbocycles. The molecule has 1 aromatic rings. The summed E-state index contributed by atoms with van der Waals surface area (Å²) in [6.07, 6.45) is 2.03. The third-order valence-electron chi connectivity index (χ3n) is 4.04. The lowest BCUT2D eigenvalue weighted by Gasteiger charge is -2.29. The van der Waals surface area contributed by atoms with E-state index >= 15 is 0 Å². The van der Waals surface area contributed by atoms with E-state index in [1.807, 2.05) is 0 Å². The molecule has 0 spiro atoms. The molecule has 0 bridgehead atoms. The van der Waals surface area contributed by atoms with Crippen LogP contribution in [0.3, 0.4) is 0 Å². The fourth-order valence-corrected chi connectivity index (χ4v) is 2.76. The first-order chi connectivity index (χ1) is 11.2. The number of hydrogen-bond acceptors (Lipinski definition) is 4. The van der Waals surface area contributed by atoms with Crippen LogP contribution in [0.25, 0.3) is 0 Å². The molecule has 0 radical (unpaired) electrons. The van der Waals surface area contributed by atoms with Gasteiger partial charge in [-0.2, -0.15) is 0 Å². The molecule has 128 valence electrons. The number of nitrogens with one attached hydrogen (secondary N) is 1. The van der Waals surface area contributed by atoms with Crippen LogP contribution in [0.1, 0.15) is 24.5 Å². The topological polar surface area (TPSA) is 72.1 Å². The highest BCUT2D eigenvalue weighted by molar-refractivity contribution is 5.77. The van der Waals surface area contributed by atoms with Crippen molar-refractivity contribution in [1.82, 2.24) is 10.2 Å². The van der Waals surface area contributed by atoms with Gasteiger partial charge in [-0.3, -0.25) is 9.89 Å². The number of methoxy groups -OCH3 is 2. The van der Waals surface area contributed by atoms with E-state index in [0.717, 1.165) is 57.1 Å². The van der Waals surface area contributed by atoms with Gasteiger partial charge in [-0.05, 0) is 36.1 Å². The van der Waals surface area contributed by atoms with Gasteiger partial charge in [0, 0.05) is 32.7 Å². The number of rotatable bonds is 7. The van der Waals surface area contributed by atoms with Crippen molar-refractivity contribution in [3.63, 3.8) is 0 Å². The monoisotopic (exact) mass is 320 g/mol. The minimum absolute atomic E-state index is 0.538. The number of aliphatic imine (C=N–C) groups is 1. The fraction of sp³-hybridized carbons (Fsp3) is 0.588. The predicted octanol–water partition coefficient (Wildman–Crippen LogP) is 1.38. The van der Waals surface area contributed by atoms with E-state index in [4.69, 9.17) is 15.2 Å². The van der Waals surface area contributed by atoms with Crippen LogP contribution in [-0.4, -0.2) is 51.3 Å². The van der Waals surface area contributed by atoms with E-state index < -0.39 is 0 Å². The summed E-state index contributed by atoms with van der Waals surface area (Å²) >= 11 is 0. The Morgan fingerprint density at radius 3 is 2.61 bits per heavy atom. The van der Waals surface area contributed by atoms with Crippen molar-refractivity contribution in [2.75, 3.05) is 40.4 Å². The van der Waals surface area contributed by atoms with Gasteiger partial charge < -0.3 is 20.5 Å². The van der Waals surface area contributed by atoms with Crippen molar-refractivity contribution in [3.05, 3.63) is 23.3 Å². The fourth-order valence-electron chi connectivity index (χ4n) is 2.76. The lowest BCUT2D eigenvalue weighted by atomic mass is 9.99. The minimum Gasteiger partial charge on any atom is -0.493 e. The summed E-state index contributed by atoms with van der Waals surface area (Å²) in [7, 11) is 3.35. The van der Waals surface area contributed by atoms with Crippen LogP contribution >= 0.6 is 0 Å². The number of fused-ring (bicyclic) bond motifs is 1. The Balaban J connectivity index is 1.90. The van der Waals surface area contributed by atoms with Crippen LogP contribution in [0.15, 0.2) is 17.1 Å². The smallest absolute Gasteiger partial charge is 0.188 e. The summed E-state index contributed by atoms with van der Waals surface area (Å²) in [5.41, 5.74) is 8.46. The molecule has 0 fully saturated rings. The maximum absolute atomic E-state index is 5.81. The SMILES string of the molecule is CCCN=C(N)NCCN1CCc2cc(OC)c(OC)cc2C1. The molecule has 1 aliphatic heterocycles. The highest BCUT2D eigenvalue weighted by Gasteiger charge is 2.19. The van der Waals surface area contributed by atoms with Crippen LogP contribution in [0.4, 0.5) is 0 Å². The Kier molecular flexibility index (Phi) is 6.52. The molecule has 1 heterocycles. The highest BCUT2D eigenvalue weighted by Crippen LogP contribution is 2.33. The minimum atomic E-state index is 0.538. The summed E-state index contributed by atoms with van der Waals surface area (Å²) in [4.78, 5) is 6.65. The molecule has 0 atom stereocenters. The maximum Gasteiger partial charge on any atom is 0.188 e. The van der Waals surface area contributed by atoms with Crippen LogP contribution in [-0.2, 0) is 13.0 Å². The molecule has 23 heavy (non-hydrogen) atoms. The van der Waals surface area contributed by atoms with Crippen molar-refractivity contribution in [2.45, 2.75) is 26.3 Å². The summed E-state index contributed by atoms with van der Waals surface area (Å²) in [6, 6.07) is 4.18. The van der Waals surface area contributed by atoms with Gasteiger partial charge in [0.1, 0.15) is 0 Å². The molecule has 0 saturated heterocycles. The van der Waals surface area contributed by atoms with E-state index in [-0.39, 0.29) is 0 Å². The standard InChI is InChI=1S/C17H28N4O2/c1-4-6-19-17(18)20-7-9-21-8-5-13-10-15(22-2)16(23-3)11-14(13)12-21/h10-11H,4-9,12H2,1-3H3,(H3,18,19,20). The first kappa shape index (κ1) is 17.4. The molecule has 0 aromatic heterocycles. The average Bonchev–Trinajstić information content (AvgIpc) is 2.58. The second-order valence-electron chi connectivity index (χ2n) is 5.70. The Morgan fingerprint density at radius 2 is 1.96 bits per heavy atom. The molecule has 2 rings (SSSR count).